The molecule has 35 heavy (non-hydrogen) atoms. The molecule has 1 N–H and O–H groups in total. The molecule has 8 nitrogen and oxygen atoms in total. The van der Waals surface area contributed by atoms with Gasteiger partial charge in [-0.2, -0.15) is 5.10 Å². The van der Waals surface area contributed by atoms with Gasteiger partial charge in [-0.15, -0.1) is 0 Å². The van der Waals surface area contributed by atoms with E-state index in [-0.39, 0.29) is 5.91 Å². The Hall–Kier alpha value is -3.17. The number of ether oxygens (including phenoxy) is 1. The van der Waals surface area contributed by atoms with Gasteiger partial charge >= 0.3 is 0 Å². The topological polar surface area (TPSA) is 85.2 Å². The molecule has 1 aliphatic heterocycles. The fraction of sp³-hybridized carbons (Fsp3) is 0.385. The van der Waals surface area contributed by atoms with Gasteiger partial charge in [0.15, 0.2) is 10.8 Å². The Bertz CT molecular complexity index is 1330. The van der Waals surface area contributed by atoms with Crippen molar-refractivity contribution in [3.8, 4) is 0 Å². The highest BCUT2D eigenvalue weighted by Crippen LogP contribution is 2.29. The number of fused-ring (bicyclic) bond motifs is 2. The van der Waals surface area contributed by atoms with Crippen LogP contribution in [0.15, 0.2) is 53.8 Å². The number of rotatable bonds is 8. The Morgan fingerprint density at radius 3 is 2.71 bits per heavy atom. The van der Waals surface area contributed by atoms with Gasteiger partial charge in [0.2, 0.25) is 5.91 Å². The van der Waals surface area contributed by atoms with Gasteiger partial charge < -0.3 is 15.0 Å². The van der Waals surface area contributed by atoms with Crippen LogP contribution in [0, 0.1) is 0 Å². The van der Waals surface area contributed by atoms with Crippen molar-refractivity contribution in [3.05, 3.63) is 54.2 Å². The first kappa shape index (κ1) is 23.6. The lowest BCUT2D eigenvalue weighted by molar-refractivity contribution is -0.120. The fourth-order valence-corrected chi connectivity index (χ4v) is 5.05. The minimum absolute atomic E-state index is 0.00232. The van der Waals surface area contributed by atoms with Gasteiger partial charge in [-0.1, -0.05) is 68.1 Å². The van der Waals surface area contributed by atoms with E-state index in [0.29, 0.717) is 38.0 Å². The van der Waals surface area contributed by atoms with Crippen LogP contribution >= 0.6 is 11.8 Å². The number of morpholine rings is 1. The van der Waals surface area contributed by atoms with E-state index in [1.54, 1.807) is 11.8 Å². The van der Waals surface area contributed by atoms with E-state index in [2.05, 4.69) is 47.4 Å². The second-order valence-corrected chi connectivity index (χ2v) is 10.4. The zero-order valence-electron chi connectivity index (χ0n) is 20.1. The molecule has 4 aromatic rings. The van der Waals surface area contributed by atoms with E-state index in [1.807, 2.05) is 35.1 Å². The number of nitrogens with zero attached hydrogens (tertiary/aromatic N) is 5. The molecule has 2 aromatic carbocycles. The Kier molecular flexibility index (Phi) is 7.15. The number of anilines is 1. The van der Waals surface area contributed by atoms with E-state index in [0.717, 1.165) is 51.4 Å². The maximum Gasteiger partial charge on any atom is 0.224 e. The molecule has 2 aromatic heterocycles. The SMILES string of the molecule is CC(C)Sc1nc(N2CCOCC2)c2cnn(CCNC(=O)Cc3cccc4ccccc34)c2n1. The van der Waals surface area contributed by atoms with E-state index in [9.17, 15) is 4.79 Å². The summed E-state index contributed by atoms with van der Waals surface area (Å²) in [6.07, 6.45) is 2.18. The normalized spacial score (nSPS) is 14.2. The van der Waals surface area contributed by atoms with Crippen molar-refractivity contribution in [1.29, 1.82) is 0 Å². The van der Waals surface area contributed by atoms with Crippen LogP contribution in [0.2, 0.25) is 0 Å². The largest absolute Gasteiger partial charge is 0.378 e. The Morgan fingerprint density at radius 2 is 1.89 bits per heavy atom. The molecule has 0 saturated carbocycles. The van der Waals surface area contributed by atoms with Crippen LogP contribution in [-0.4, -0.2) is 63.8 Å². The lowest BCUT2D eigenvalue weighted by Gasteiger charge is -2.28. The number of carbonyl (C=O) groups excluding carboxylic acids is 1. The minimum atomic E-state index is -0.00232. The van der Waals surface area contributed by atoms with Crippen LogP contribution in [0.5, 0.6) is 0 Å². The number of nitrogens with one attached hydrogen (secondary N) is 1. The molecule has 0 unspecified atom stereocenters. The van der Waals surface area contributed by atoms with Crippen LogP contribution in [0.25, 0.3) is 21.8 Å². The molecule has 0 spiro atoms. The van der Waals surface area contributed by atoms with Gasteiger partial charge in [0.05, 0.1) is 37.8 Å². The Morgan fingerprint density at radius 1 is 1.09 bits per heavy atom. The Labute approximate surface area is 209 Å². The molecule has 5 rings (SSSR count). The molecule has 182 valence electrons. The first-order valence-electron chi connectivity index (χ1n) is 12.0. The van der Waals surface area contributed by atoms with Gasteiger partial charge in [0, 0.05) is 24.9 Å². The maximum absolute atomic E-state index is 12.7. The highest BCUT2D eigenvalue weighted by atomic mass is 32.2. The van der Waals surface area contributed by atoms with Gasteiger partial charge in [-0.3, -0.25) is 4.79 Å². The van der Waals surface area contributed by atoms with Crippen LogP contribution in [0.1, 0.15) is 19.4 Å². The number of aromatic nitrogens is 4. The predicted octanol–water partition coefficient (Wildman–Crippen LogP) is 3.68. The third kappa shape index (κ3) is 5.41. The van der Waals surface area contributed by atoms with Crippen molar-refractivity contribution in [1.82, 2.24) is 25.1 Å². The number of carbonyl (C=O) groups is 1. The molecular weight excluding hydrogens is 460 g/mol. The third-order valence-corrected chi connectivity index (χ3v) is 6.85. The zero-order chi connectivity index (χ0) is 24.2. The Balaban J connectivity index is 1.30. The molecule has 1 saturated heterocycles. The van der Waals surface area contributed by atoms with E-state index >= 15 is 0 Å². The maximum atomic E-state index is 12.7. The number of thioether (sulfide) groups is 1. The molecule has 0 atom stereocenters. The summed E-state index contributed by atoms with van der Waals surface area (Å²) in [6.45, 7) is 8.26. The number of amides is 1. The summed E-state index contributed by atoms with van der Waals surface area (Å²) in [6, 6.07) is 14.2. The first-order valence-corrected chi connectivity index (χ1v) is 12.9. The van der Waals surface area contributed by atoms with Crippen LogP contribution in [0.3, 0.4) is 0 Å². The lowest BCUT2D eigenvalue weighted by atomic mass is 10.0. The second-order valence-electron chi connectivity index (χ2n) is 8.87. The van der Waals surface area contributed by atoms with Gasteiger partial charge in [-0.25, -0.2) is 14.6 Å². The van der Waals surface area contributed by atoms with Crippen molar-refractivity contribution in [2.75, 3.05) is 37.7 Å². The van der Waals surface area contributed by atoms with Crippen molar-refractivity contribution in [2.24, 2.45) is 0 Å². The molecule has 0 aliphatic carbocycles. The molecule has 0 bridgehead atoms. The van der Waals surface area contributed by atoms with E-state index in [4.69, 9.17) is 14.7 Å². The van der Waals surface area contributed by atoms with Crippen molar-refractivity contribution in [3.63, 3.8) is 0 Å². The third-order valence-electron chi connectivity index (χ3n) is 5.98. The summed E-state index contributed by atoms with van der Waals surface area (Å²) in [5.41, 5.74) is 1.83. The summed E-state index contributed by atoms with van der Waals surface area (Å²) in [4.78, 5) is 24.6. The molecule has 9 heteroatoms. The summed E-state index contributed by atoms with van der Waals surface area (Å²) in [5.74, 6) is 0.908. The van der Waals surface area contributed by atoms with Crippen LogP contribution in [-0.2, 0) is 22.5 Å². The van der Waals surface area contributed by atoms with Gasteiger partial charge in [-0.05, 0) is 16.3 Å². The van der Waals surface area contributed by atoms with Crippen molar-refractivity contribution < 1.29 is 9.53 Å². The highest BCUT2D eigenvalue weighted by molar-refractivity contribution is 7.99. The van der Waals surface area contributed by atoms with E-state index in [1.165, 1.54) is 0 Å². The summed E-state index contributed by atoms with van der Waals surface area (Å²) in [7, 11) is 0. The van der Waals surface area contributed by atoms with Crippen LogP contribution < -0.4 is 10.2 Å². The number of hydrogen-bond acceptors (Lipinski definition) is 7. The zero-order valence-corrected chi connectivity index (χ0v) is 20.9. The smallest absolute Gasteiger partial charge is 0.224 e. The molecular formula is C26H30N6O2S. The standard InChI is InChI=1S/C26H30N6O2S/c1-18(2)35-26-29-24(31-12-14-34-15-13-31)22-17-28-32(25(22)30-26)11-10-27-23(33)16-20-8-5-7-19-6-3-4-9-21(19)20/h3-9,17-18H,10-16H2,1-2H3,(H,27,33). The fourth-order valence-electron chi connectivity index (χ4n) is 4.35. The minimum Gasteiger partial charge on any atom is -0.378 e. The average Bonchev–Trinajstić information content (AvgIpc) is 3.27. The molecule has 3 heterocycles. The average molecular weight is 491 g/mol. The molecule has 1 aliphatic rings. The number of benzene rings is 2. The lowest BCUT2D eigenvalue weighted by Crippen LogP contribution is -2.37. The van der Waals surface area contributed by atoms with Gasteiger partial charge in [0.25, 0.3) is 0 Å². The summed E-state index contributed by atoms with van der Waals surface area (Å²) in [5, 5.41) is 11.9. The van der Waals surface area contributed by atoms with Crippen molar-refractivity contribution in [2.45, 2.75) is 37.2 Å². The molecule has 0 radical (unpaired) electrons. The molecule has 1 amide bonds. The van der Waals surface area contributed by atoms with Gasteiger partial charge in [0.1, 0.15) is 5.82 Å². The van der Waals surface area contributed by atoms with E-state index < -0.39 is 0 Å². The number of hydrogen-bond donors (Lipinski definition) is 1. The molecule has 1 fully saturated rings. The predicted molar refractivity (Wildman–Crippen MR) is 140 cm³/mol. The quantitative estimate of drug-likeness (QED) is 0.298. The first-order chi connectivity index (χ1) is 17.1. The van der Waals surface area contributed by atoms with Crippen molar-refractivity contribution >= 4 is 45.3 Å². The summed E-state index contributed by atoms with van der Waals surface area (Å²) >= 11 is 1.64. The summed E-state index contributed by atoms with van der Waals surface area (Å²) < 4.78 is 7.39. The highest BCUT2D eigenvalue weighted by Gasteiger charge is 2.20. The second kappa shape index (κ2) is 10.6. The monoisotopic (exact) mass is 490 g/mol. The van der Waals surface area contributed by atoms with Crippen LogP contribution in [0.4, 0.5) is 5.82 Å².